The molecular weight excluding hydrogens is 268 g/mol. The first-order valence-electron chi connectivity index (χ1n) is 6.82. The SMILES string of the molecule is NC(Cc1ccc(F)cc1)c1ccc(F)c2ccccc12. The number of rotatable bonds is 3. The Morgan fingerprint density at radius 1 is 0.810 bits per heavy atom. The van der Waals surface area contributed by atoms with Gasteiger partial charge in [-0.15, -0.1) is 0 Å². The summed E-state index contributed by atoms with van der Waals surface area (Å²) in [7, 11) is 0. The van der Waals surface area contributed by atoms with E-state index in [1.807, 2.05) is 12.1 Å². The second-order valence-corrected chi connectivity index (χ2v) is 5.12. The molecule has 0 aliphatic carbocycles. The standard InChI is InChI=1S/C18H15F2N/c19-13-7-5-12(6-8-13)11-18(21)16-9-10-17(20)15-4-2-1-3-14(15)16/h1-10,18H,11,21H2. The summed E-state index contributed by atoms with van der Waals surface area (Å²) in [5, 5.41) is 1.40. The van der Waals surface area contributed by atoms with Crippen molar-refractivity contribution < 1.29 is 8.78 Å². The van der Waals surface area contributed by atoms with E-state index in [-0.39, 0.29) is 17.7 Å². The molecule has 3 rings (SSSR count). The molecule has 0 saturated heterocycles. The van der Waals surface area contributed by atoms with Crippen LogP contribution in [0.4, 0.5) is 8.78 Å². The fourth-order valence-corrected chi connectivity index (χ4v) is 2.59. The average Bonchev–Trinajstić information content (AvgIpc) is 2.50. The Morgan fingerprint density at radius 3 is 2.19 bits per heavy atom. The van der Waals surface area contributed by atoms with Crippen LogP contribution in [0.1, 0.15) is 17.2 Å². The third kappa shape index (κ3) is 2.78. The monoisotopic (exact) mass is 283 g/mol. The number of hydrogen-bond donors (Lipinski definition) is 1. The van der Waals surface area contributed by atoms with Crippen molar-refractivity contribution in [1.82, 2.24) is 0 Å². The second-order valence-electron chi connectivity index (χ2n) is 5.12. The molecule has 3 aromatic rings. The van der Waals surface area contributed by atoms with E-state index < -0.39 is 0 Å². The topological polar surface area (TPSA) is 26.0 Å². The summed E-state index contributed by atoms with van der Waals surface area (Å²) in [4.78, 5) is 0. The normalized spacial score (nSPS) is 12.5. The van der Waals surface area contributed by atoms with Crippen LogP contribution >= 0.6 is 0 Å². The number of halogens is 2. The summed E-state index contributed by atoms with van der Waals surface area (Å²) in [5.41, 5.74) is 8.12. The van der Waals surface area contributed by atoms with Crippen molar-refractivity contribution in [3.05, 3.63) is 83.4 Å². The summed E-state index contributed by atoms with van der Waals surface area (Å²) < 4.78 is 26.7. The van der Waals surface area contributed by atoms with Gasteiger partial charge in [0.2, 0.25) is 0 Å². The van der Waals surface area contributed by atoms with Gasteiger partial charge in [-0.1, -0.05) is 42.5 Å². The summed E-state index contributed by atoms with van der Waals surface area (Å²) in [6, 6.07) is 16.5. The van der Waals surface area contributed by atoms with Crippen molar-refractivity contribution in [1.29, 1.82) is 0 Å². The molecule has 1 unspecified atom stereocenters. The van der Waals surface area contributed by atoms with E-state index in [0.717, 1.165) is 16.5 Å². The van der Waals surface area contributed by atoms with E-state index >= 15 is 0 Å². The lowest BCUT2D eigenvalue weighted by atomic mass is 9.94. The van der Waals surface area contributed by atoms with Gasteiger partial charge < -0.3 is 5.73 Å². The second kappa shape index (κ2) is 5.62. The van der Waals surface area contributed by atoms with Crippen molar-refractivity contribution in [3.8, 4) is 0 Å². The summed E-state index contributed by atoms with van der Waals surface area (Å²) in [6.07, 6.45) is 0.579. The van der Waals surface area contributed by atoms with E-state index in [1.54, 1.807) is 30.3 Å². The predicted octanol–water partition coefficient (Wildman–Crippen LogP) is 4.36. The van der Waals surface area contributed by atoms with Gasteiger partial charge in [0, 0.05) is 11.4 Å². The molecule has 0 aromatic heterocycles. The highest BCUT2D eigenvalue weighted by molar-refractivity contribution is 5.86. The van der Waals surface area contributed by atoms with Crippen LogP contribution in [0.2, 0.25) is 0 Å². The summed E-state index contributed by atoms with van der Waals surface area (Å²) >= 11 is 0. The van der Waals surface area contributed by atoms with Crippen LogP contribution in [0.3, 0.4) is 0 Å². The fourth-order valence-electron chi connectivity index (χ4n) is 2.59. The van der Waals surface area contributed by atoms with Crippen molar-refractivity contribution >= 4 is 10.8 Å². The third-order valence-corrected chi connectivity index (χ3v) is 3.67. The minimum Gasteiger partial charge on any atom is -0.324 e. The molecule has 21 heavy (non-hydrogen) atoms. The van der Waals surface area contributed by atoms with Crippen molar-refractivity contribution in [2.24, 2.45) is 5.73 Å². The van der Waals surface area contributed by atoms with Crippen LogP contribution in [0.25, 0.3) is 10.8 Å². The van der Waals surface area contributed by atoms with Crippen molar-refractivity contribution in [2.75, 3.05) is 0 Å². The molecule has 0 aliphatic rings. The molecule has 0 spiro atoms. The van der Waals surface area contributed by atoms with E-state index in [2.05, 4.69) is 0 Å². The molecule has 2 N–H and O–H groups in total. The molecule has 0 saturated carbocycles. The zero-order valence-electron chi connectivity index (χ0n) is 11.4. The highest BCUT2D eigenvalue weighted by Gasteiger charge is 2.12. The van der Waals surface area contributed by atoms with E-state index in [1.165, 1.54) is 18.2 Å². The molecule has 3 aromatic carbocycles. The zero-order valence-corrected chi connectivity index (χ0v) is 11.4. The van der Waals surface area contributed by atoms with Crippen molar-refractivity contribution in [3.63, 3.8) is 0 Å². The molecule has 0 amide bonds. The Balaban J connectivity index is 1.96. The Hall–Kier alpha value is -2.26. The summed E-state index contributed by atoms with van der Waals surface area (Å²) in [5.74, 6) is -0.511. The van der Waals surface area contributed by atoms with Gasteiger partial charge >= 0.3 is 0 Å². The quantitative estimate of drug-likeness (QED) is 0.759. The molecule has 1 atom stereocenters. The smallest absolute Gasteiger partial charge is 0.131 e. The maximum Gasteiger partial charge on any atom is 0.131 e. The Kier molecular flexibility index (Phi) is 3.67. The maximum absolute atomic E-state index is 13.8. The third-order valence-electron chi connectivity index (χ3n) is 3.67. The Labute approximate surface area is 122 Å². The molecular formula is C18H15F2N. The average molecular weight is 283 g/mol. The van der Waals surface area contributed by atoms with Crippen molar-refractivity contribution in [2.45, 2.75) is 12.5 Å². The Morgan fingerprint density at radius 2 is 1.48 bits per heavy atom. The largest absolute Gasteiger partial charge is 0.324 e. The maximum atomic E-state index is 13.8. The van der Waals surface area contributed by atoms with Crippen LogP contribution in [-0.4, -0.2) is 0 Å². The molecule has 0 aliphatic heterocycles. The first-order chi connectivity index (χ1) is 10.1. The van der Waals surface area contributed by atoms with Crippen LogP contribution in [-0.2, 0) is 6.42 Å². The van der Waals surface area contributed by atoms with Crippen LogP contribution in [0, 0.1) is 11.6 Å². The number of fused-ring (bicyclic) bond motifs is 1. The van der Waals surface area contributed by atoms with E-state index in [0.29, 0.717) is 11.8 Å². The van der Waals surface area contributed by atoms with Gasteiger partial charge in [-0.05, 0) is 41.1 Å². The number of benzene rings is 3. The van der Waals surface area contributed by atoms with Gasteiger partial charge in [-0.3, -0.25) is 0 Å². The van der Waals surface area contributed by atoms with Gasteiger partial charge in [-0.25, -0.2) is 8.78 Å². The van der Waals surface area contributed by atoms with Crippen LogP contribution < -0.4 is 5.73 Å². The molecule has 0 fully saturated rings. The predicted molar refractivity (Wildman–Crippen MR) is 80.9 cm³/mol. The minimum atomic E-state index is -0.264. The number of hydrogen-bond acceptors (Lipinski definition) is 1. The fraction of sp³-hybridized carbons (Fsp3) is 0.111. The molecule has 0 heterocycles. The van der Waals surface area contributed by atoms with Gasteiger partial charge in [0.05, 0.1) is 0 Å². The molecule has 1 nitrogen and oxygen atoms in total. The Bertz CT molecular complexity index is 766. The summed E-state index contributed by atoms with van der Waals surface area (Å²) in [6.45, 7) is 0. The van der Waals surface area contributed by atoms with Gasteiger partial charge in [-0.2, -0.15) is 0 Å². The van der Waals surface area contributed by atoms with Gasteiger partial charge in [0.1, 0.15) is 11.6 Å². The zero-order chi connectivity index (χ0) is 14.8. The molecule has 0 bridgehead atoms. The van der Waals surface area contributed by atoms with E-state index in [9.17, 15) is 8.78 Å². The van der Waals surface area contributed by atoms with Gasteiger partial charge in [0.15, 0.2) is 0 Å². The number of nitrogens with two attached hydrogens (primary N) is 1. The first-order valence-corrected chi connectivity index (χ1v) is 6.82. The highest BCUT2D eigenvalue weighted by Crippen LogP contribution is 2.27. The lowest BCUT2D eigenvalue weighted by Crippen LogP contribution is -2.14. The molecule has 0 radical (unpaired) electrons. The van der Waals surface area contributed by atoms with Gasteiger partial charge in [0.25, 0.3) is 0 Å². The lowest BCUT2D eigenvalue weighted by molar-refractivity contribution is 0.625. The molecule has 3 heteroatoms. The highest BCUT2D eigenvalue weighted by atomic mass is 19.1. The lowest BCUT2D eigenvalue weighted by Gasteiger charge is -2.15. The minimum absolute atomic E-state index is 0.247. The van der Waals surface area contributed by atoms with Crippen LogP contribution in [0.5, 0.6) is 0 Å². The van der Waals surface area contributed by atoms with E-state index in [4.69, 9.17) is 5.73 Å². The van der Waals surface area contributed by atoms with Crippen LogP contribution in [0.15, 0.2) is 60.7 Å². The first kappa shape index (κ1) is 13.7. The molecule has 106 valence electrons.